The van der Waals surface area contributed by atoms with Crippen molar-refractivity contribution in [1.82, 2.24) is 9.13 Å². The van der Waals surface area contributed by atoms with Crippen molar-refractivity contribution in [2.75, 3.05) is 18.6 Å². The molecule has 1 fully saturated rings. The molecule has 2 heterocycles. The van der Waals surface area contributed by atoms with Gasteiger partial charge in [-0.05, 0) is 12.1 Å². The summed E-state index contributed by atoms with van der Waals surface area (Å²) < 4.78 is 12.8. The lowest BCUT2D eigenvalue weighted by Gasteiger charge is -2.19. The Labute approximate surface area is 160 Å². The molecule has 2 aromatic rings. The van der Waals surface area contributed by atoms with E-state index >= 15 is 0 Å². The molecule has 1 amide bonds. The van der Waals surface area contributed by atoms with Crippen LogP contribution in [0.2, 0.25) is 0 Å². The van der Waals surface area contributed by atoms with E-state index in [0.717, 1.165) is 4.57 Å². The third-order valence-electron chi connectivity index (χ3n) is 4.82. The van der Waals surface area contributed by atoms with Gasteiger partial charge in [0.2, 0.25) is 5.91 Å². The van der Waals surface area contributed by atoms with Gasteiger partial charge in [-0.15, -0.1) is 0 Å². The second-order valence-electron chi connectivity index (χ2n) is 6.56. The SMILES string of the molecule is COc1ccccc1N1C[C@H](C(=O)OCc2cc(=O)n(C)c(=O)n2C)CC1=O. The van der Waals surface area contributed by atoms with Crippen LogP contribution in [-0.4, -0.2) is 34.7 Å². The van der Waals surface area contributed by atoms with Crippen molar-refractivity contribution in [3.05, 3.63) is 56.9 Å². The van der Waals surface area contributed by atoms with Crippen LogP contribution < -0.4 is 20.9 Å². The maximum Gasteiger partial charge on any atom is 0.330 e. The molecule has 1 aromatic carbocycles. The zero-order chi connectivity index (χ0) is 20.4. The Kier molecular flexibility index (Phi) is 5.34. The predicted molar refractivity (Wildman–Crippen MR) is 100 cm³/mol. The van der Waals surface area contributed by atoms with Crippen LogP contribution in [0.25, 0.3) is 0 Å². The first kappa shape index (κ1) is 19.4. The highest BCUT2D eigenvalue weighted by Crippen LogP contribution is 2.33. The summed E-state index contributed by atoms with van der Waals surface area (Å²) in [7, 11) is 4.38. The number of esters is 1. The van der Waals surface area contributed by atoms with E-state index in [2.05, 4.69) is 0 Å². The molecule has 1 aliphatic rings. The van der Waals surface area contributed by atoms with Crippen molar-refractivity contribution in [3.63, 3.8) is 0 Å². The van der Waals surface area contributed by atoms with Crippen molar-refractivity contribution >= 4 is 17.6 Å². The largest absolute Gasteiger partial charge is 0.495 e. The number of nitrogens with zero attached hydrogens (tertiary/aromatic N) is 3. The van der Waals surface area contributed by atoms with Gasteiger partial charge in [-0.1, -0.05) is 12.1 Å². The second-order valence-corrected chi connectivity index (χ2v) is 6.56. The molecule has 0 radical (unpaired) electrons. The summed E-state index contributed by atoms with van der Waals surface area (Å²) >= 11 is 0. The van der Waals surface area contributed by atoms with Gasteiger partial charge < -0.3 is 14.4 Å². The number of methoxy groups -OCH3 is 1. The molecule has 9 heteroatoms. The van der Waals surface area contributed by atoms with Crippen molar-refractivity contribution in [2.24, 2.45) is 20.0 Å². The minimum atomic E-state index is -0.638. The van der Waals surface area contributed by atoms with Crippen LogP contribution in [0.3, 0.4) is 0 Å². The number of hydrogen-bond donors (Lipinski definition) is 0. The lowest BCUT2D eigenvalue weighted by atomic mass is 10.1. The number of rotatable bonds is 5. The van der Waals surface area contributed by atoms with Crippen molar-refractivity contribution < 1.29 is 19.1 Å². The number of para-hydroxylation sites is 2. The Balaban J connectivity index is 1.71. The third-order valence-corrected chi connectivity index (χ3v) is 4.82. The van der Waals surface area contributed by atoms with Gasteiger partial charge >= 0.3 is 11.7 Å². The number of ether oxygens (including phenoxy) is 2. The minimum Gasteiger partial charge on any atom is -0.495 e. The standard InChI is InChI=1S/C19H21N3O6/c1-20-13(9-16(23)21(2)19(20)26)11-28-18(25)12-8-17(24)22(10-12)14-6-4-5-7-15(14)27-3/h4-7,9,12H,8,10-11H2,1-3H3/t12-/m1/s1. The molecule has 0 spiro atoms. The summed E-state index contributed by atoms with van der Waals surface area (Å²) in [4.78, 5) is 50.0. The molecule has 0 unspecified atom stereocenters. The van der Waals surface area contributed by atoms with Gasteiger partial charge in [-0.25, -0.2) is 4.79 Å². The van der Waals surface area contributed by atoms with E-state index in [4.69, 9.17) is 9.47 Å². The van der Waals surface area contributed by atoms with E-state index in [9.17, 15) is 19.2 Å². The van der Waals surface area contributed by atoms with Crippen LogP contribution in [0.4, 0.5) is 5.69 Å². The third kappa shape index (κ3) is 3.55. The van der Waals surface area contributed by atoms with E-state index in [1.54, 1.807) is 24.3 Å². The molecule has 0 saturated carbocycles. The molecular weight excluding hydrogens is 366 g/mol. The monoisotopic (exact) mass is 387 g/mol. The molecule has 1 saturated heterocycles. The zero-order valence-corrected chi connectivity index (χ0v) is 15.9. The highest BCUT2D eigenvalue weighted by atomic mass is 16.5. The fourth-order valence-electron chi connectivity index (χ4n) is 3.13. The average molecular weight is 387 g/mol. The van der Waals surface area contributed by atoms with Gasteiger partial charge in [0.25, 0.3) is 5.56 Å². The van der Waals surface area contributed by atoms with Crippen LogP contribution >= 0.6 is 0 Å². The number of anilines is 1. The molecule has 1 atom stereocenters. The number of carbonyl (C=O) groups is 2. The summed E-state index contributed by atoms with van der Waals surface area (Å²) in [5.41, 5.74) is -0.101. The summed E-state index contributed by atoms with van der Waals surface area (Å²) in [6, 6.07) is 8.32. The fourth-order valence-corrected chi connectivity index (χ4v) is 3.13. The summed E-state index contributed by atoms with van der Waals surface area (Å²) in [6.07, 6.45) is 0.0202. The molecule has 148 valence electrons. The molecule has 0 bridgehead atoms. The lowest BCUT2D eigenvalue weighted by Crippen LogP contribution is -2.38. The fraction of sp³-hybridized carbons (Fsp3) is 0.368. The number of hydrogen-bond acceptors (Lipinski definition) is 6. The van der Waals surface area contributed by atoms with E-state index in [1.807, 2.05) is 0 Å². The summed E-state index contributed by atoms with van der Waals surface area (Å²) in [6.45, 7) is -0.0481. The Morgan fingerprint density at radius 2 is 1.86 bits per heavy atom. The van der Waals surface area contributed by atoms with Crippen LogP contribution in [0.15, 0.2) is 39.9 Å². The van der Waals surface area contributed by atoms with Gasteiger partial charge in [-0.3, -0.25) is 23.5 Å². The van der Waals surface area contributed by atoms with Crippen LogP contribution in [0, 0.1) is 5.92 Å². The second kappa shape index (κ2) is 7.71. The van der Waals surface area contributed by atoms with Gasteiger partial charge in [0.15, 0.2) is 0 Å². The Morgan fingerprint density at radius 3 is 2.57 bits per heavy atom. The van der Waals surface area contributed by atoms with Crippen LogP contribution in [0.1, 0.15) is 12.1 Å². The minimum absolute atomic E-state index is 0.0202. The number of amides is 1. The predicted octanol–water partition coefficient (Wildman–Crippen LogP) is 0.189. The molecular formula is C19H21N3O6. The highest BCUT2D eigenvalue weighted by molar-refractivity contribution is 6.00. The molecule has 28 heavy (non-hydrogen) atoms. The molecule has 1 aromatic heterocycles. The first-order valence-electron chi connectivity index (χ1n) is 8.69. The number of carbonyl (C=O) groups excluding carboxylic acids is 2. The number of benzene rings is 1. The molecule has 9 nitrogen and oxygen atoms in total. The van der Waals surface area contributed by atoms with E-state index in [0.29, 0.717) is 11.4 Å². The molecule has 1 aliphatic heterocycles. The van der Waals surface area contributed by atoms with Crippen molar-refractivity contribution in [2.45, 2.75) is 13.0 Å². The van der Waals surface area contributed by atoms with E-state index in [1.165, 1.54) is 36.7 Å². The van der Waals surface area contributed by atoms with Gasteiger partial charge in [0.05, 0.1) is 24.4 Å². The maximum atomic E-state index is 12.4. The molecule has 3 rings (SSSR count). The topological polar surface area (TPSA) is 99.8 Å². The Hall–Kier alpha value is -3.36. The number of aromatic nitrogens is 2. The average Bonchev–Trinajstić information content (AvgIpc) is 3.09. The van der Waals surface area contributed by atoms with Gasteiger partial charge in [0.1, 0.15) is 12.4 Å². The van der Waals surface area contributed by atoms with Crippen molar-refractivity contribution in [1.29, 1.82) is 0 Å². The van der Waals surface area contributed by atoms with Gasteiger partial charge in [-0.2, -0.15) is 0 Å². The Bertz CT molecular complexity index is 1040. The summed E-state index contributed by atoms with van der Waals surface area (Å²) in [5, 5.41) is 0. The van der Waals surface area contributed by atoms with Crippen molar-refractivity contribution in [3.8, 4) is 5.75 Å². The zero-order valence-electron chi connectivity index (χ0n) is 15.9. The maximum absolute atomic E-state index is 12.4. The van der Waals surface area contributed by atoms with Crippen LogP contribution in [-0.2, 0) is 35.0 Å². The van der Waals surface area contributed by atoms with E-state index < -0.39 is 23.1 Å². The van der Waals surface area contributed by atoms with Gasteiger partial charge in [0, 0.05) is 33.1 Å². The molecule has 0 N–H and O–H groups in total. The summed E-state index contributed by atoms with van der Waals surface area (Å²) in [5.74, 6) is -0.854. The first-order chi connectivity index (χ1) is 13.3. The van der Waals surface area contributed by atoms with E-state index in [-0.39, 0.29) is 31.2 Å². The smallest absolute Gasteiger partial charge is 0.330 e. The van der Waals surface area contributed by atoms with Crippen LogP contribution in [0.5, 0.6) is 5.75 Å². The lowest BCUT2D eigenvalue weighted by molar-refractivity contribution is -0.149. The normalized spacial score (nSPS) is 16.3. The Morgan fingerprint density at radius 1 is 1.14 bits per heavy atom. The highest BCUT2D eigenvalue weighted by Gasteiger charge is 2.37. The quantitative estimate of drug-likeness (QED) is 0.679. The molecule has 0 aliphatic carbocycles. The first-order valence-corrected chi connectivity index (χ1v) is 8.69.